The van der Waals surface area contributed by atoms with Gasteiger partial charge in [0.2, 0.25) is 0 Å². The summed E-state index contributed by atoms with van der Waals surface area (Å²) in [5.74, 6) is 0.195. The van der Waals surface area contributed by atoms with Crippen LogP contribution in [0.5, 0.6) is 5.75 Å². The quantitative estimate of drug-likeness (QED) is 0.860. The number of esters is 1. The van der Waals surface area contributed by atoms with E-state index < -0.39 is 0 Å². The summed E-state index contributed by atoms with van der Waals surface area (Å²) in [6.45, 7) is 3.57. The molecule has 22 heavy (non-hydrogen) atoms. The molecule has 0 amide bonds. The molecule has 1 heterocycles. The van der Waals surface area contributed by atoms with Gasteiger partial charge in [0.25, 0.3) is 0 Å². The Balaban J connectivity index is 2.17. The number of ether oxygens (including phenoxy) is 2. The number of methoxy groups -OCH3 is 1. The topological polar surface area (TPSA) is 68.7 Å². The number of carbonyl (C=O) groups excluding carboxylic acids is 1. The minimum atomic E-state index is -0.385. The number of carbonyl (C=O) groups is 1. The van der Waals surface area contributed by atoms with Crippen LogP contribution in [0.15, 0.2) is 30.5 Å². The second-order valence-corrected chi connectivity index (χ2v) is 4.94. The standard InChI is InChI=1S/C17H19NO4/c1-11-6-4-5-7-14(11)17(20)22-10-13-8-18-15(9-19)12(2)16(13)21-3/h4-8,19H,9-10H2,1-3H3. The van der Waals surface area contributed by atoms with Crippen LogP contribution >= 0.6 is 0 Å². The molecule has 0 unspecified atom stereocenters. The van der Waals surface area contributed by atoms with E-state index >= 15 is 0 Å². The van der Waals surface area contributed by atoms with Crippen LogP contribution in [-0.4, -0.2) is 23.2 Å². The molecule has 0 aliphatic carbocycles. The Morgan fingerprint density at radius 3 is 2.64 bits per heavy atom. The molecule has 2 aromatic rings. The van der Waals surface area contributed by atoms with Crippen LogP contribution in [0.1, 0.15) is 32.7 Å². The molecule has 0 aliphatic rings. The Morgan fingerprint density at radius 1 is 1.27 bits per heavy atom. The van der Waals surface area contributed by atoms with Crippen LogP contribution in [0.4, 0.5) is 0 Å². The van der Waals surface area contributed by atoms with Crippen LogP contribution in [0.25, 0.3) is 0 Å². The third-order valence-electron chi connectivity index (χ3n) is 3.52. The Hall–Kier alpha value is -2.40. The minimum absolute atomic E-state index is 0.0654. The molecule has 5 heteroatoms. The third-order valence-corrected chi connectivity index (χ3v) is 3.52. The maximum Gasteiger partial charge on any atom is 0.338 e. The molecule has 1 N–H and O–H groups in total. The van der Waals surface area contributed by atoms with Crippen molar-refractivity contribution in [2.75, 3.05) is 7.11 Å². The van der Waals surface area contributed by atoms with E-state index in [0.717, 1.165) is 11.1 Å². The third kappa shape index (κ3) is 3.26. The van der Waals surface area contributed by atoms with Gasteiger partial charge in [0, 0.05) is 11.8 Å². The average molecular weight is 301 g/mol. The number of aliphatic hydroxyl groups is 1. The molecule has 2 rings (SSSR count). The normalized spacial score (nSPS) is 10.4. The lowest BCUT2D eigenvalue weighted by Gasteiger charge is -2.14. The first-order chi connectivity index (χ1) is 10.6. The molecule has 0 aliphatic heterocycles. The van der Waals surface area contributed by atoms with Crippen LogP contribution in [0, 0.1) is 13.8 Å². The smallest absolute Gasteiger partial charge is 0.338 e. The van der Waals surface area contributed by atoms with E-state index in [-0.39, 0.29) is 19.2 Å². The van der Waals surface area contributed by atoms with Gasteiger partial charge in [-0.2, -0.15) is 0 Å². The van der Waals surface area contributed by atoms with Gasteiger partial charge in [0.05, 0.1) is 30.5 Å². The summed E-state index contributed by atoms with van der Waals surface area (Å²) in [7, 11) is 1.54. The van der Waals surface area contributed by atoms with Crippen molar-refractivity contribution in [1.29, 1.82) is 0 Å². The predicted octanol–water partition coefficient (Wildman–Crippen LogP) is 2.56. The first-order valence-electron chi connectivity index (χ1n) is 6.93. The predicted molar refractivity (Wildman–Crippen MR) is 81.7 cm³/mol. The highest BCUT2D eigenvalue weighted by Gasteiger charge is 2.15. The zero-order chi connectivity index (χ0) is 16.1. The number of hydrogen-bond donors (Lipinski definition) is 1. The number of hydrogen-bond acceptors (Lipinski definition) is 5. The molecule has 1 aromatic carbocycles. The number of rotatable bonds is 5. The molecule has 0 bridgehead atoms. The zero-order valence-electron chi connectivity index (χ0n) is 12.9. The average Bonchev–Trinajstić information content (AvgIpc) is 2.53. The second-order valence-electron chi connectivity index (χ2n) is 4.94. The van der Waals surface area contributed by atoms with E-state index in [1.807, 2.05) is 26.0 Å². The number of aryl methyl sites for hydroxylation is 1. The van der Waals surface area contributed by atoms with E-state index in [1.165, 1.54) is 7.11 Å². The van der Waals surface area contributed by atoms with Crippen molar-refractivity contribution in [3.8, 4) is 5.75 Å². The number of nitrogens with zero attached hydrogens (tertiary/aromatic N) is 1. The van der Waals surface area contributed by atoms with Crippen molar-refractivity contribution in [1.82, 2.24) is 4.98 Å². The largest absolute Gasteiger partial charge is 0.496 e. The van der Waals surface area contributed by atoms with Crippen molar-refractivity contribution < 1.29 is 19.4 Å². The number of aromatic nitrogens is 1. The monoisotopic (exact) mass is 301 g/mol. The van der Waals surface area contributed by atoms with Crippen LogP contribution < -0.4 is 4.74 Å². The van der Waals surface area contributed by atoms with Gasteiger partial charge in [-0.15, -0.1) is 0 Å². The molecule has 0 spiro atoms. The highest BCUT2D eigenvalue weighted by Crippen LogP contribution is 2.26. The number of aliphatic hydroxyl groups excluding tert-OH is 1. The fraction of sp³-hybridized carbons (Fsp3) is 0.294. The summed E-state index contributed by atoms with van der Waals surface area (Å²) < 4.78 is 10.7. The van der Waals surface area contributed by atoms with Gasteiger partial charge in [-0.1, -0.05) is 18.2 Å². The Bertz CT molecular complexity index is 682. The van der Waals surface area contributed by atoms with Gasteiger partial charge < -0.3 is 14.6 Å². The first-order valence-corrected chi connectivity index (χ1v) is 6.93. The van der Waals surface area contributed by atoms with E-state index in [1.54, 1.807) is 18.3 Å². The molecule has 0 radical (unpaired) electrons. The summed E-state index contributed by atoms with van der Waals surface area (Å²) in [5, 5.41) is 9.22. The fourth-order valence-corrected chi connectivity index (χ4v) is 2.25. The summed E-state index contributed by atoms with van der Waals surface area (Å²) in [5.41, 5.74) is 3.36. The Kier molecular flexibility index (Phi) is 5.12. The van der Waals surface area contributed by atoms with Gasteiger partial charge in [-0.05, 0) is 25.5 Å². The second kappa shape index (κ2) is 7.04. The summed E-state index contributed by atoms with van der Waals surface area (Å²) >= 11 is 0. The van der Waals surface area contributed by atoms with Crippen LogP contribution in [-0.2, 0) is 18.0 Å². The molecule has 116 valence electrons. The first kappa shape index (κ1) is 16.0. The van der Waals surface area contributed by atoms with E-state index in [9.17, 15) is 9.90 Å². The van der Waals surface area contributed by atoms with E-state index in [0.29, 0.717) is 22.6 Å². The maximum atomic E-state index is 12.1. The maximum absolute atomic E-state index is 12.1. The molecular formula is C17H19NO4. The number of pyridine rings is 1. The highest BCUT2D eigenvalue weighted by molar-refractivity contribution is 5.90. The van der Waals surface area contributed by atoms with Gasteiger partial charge in [0.1, 0.15) is 12.4 Å². The molecule has 5 nitrogen and oxygen atoms in total. The van der Waals surface area contributed by atoms with Crippen LogP contribution in [0.3, 0.4) is 0 Å². The van der Waals surface area contributed by atoms with Crippen molar-refractivity contribution >= 4 is 5.97 Å². The lowest BCUT2D eigenvalue weighted by Crippen LogP contribution is -2.09. The lowest BCUT2D eigenvalue weighted by molar-refractivity contribution is 0.0468. The van der Waals surface area contributed by atoms with Crippen molar-refractivity contribution in [3.05, 3.63) is 58.4 Å². The summed E-state index contributed by atoms with van der Waals surface area (Å²) in [6, 6.07) is 7.26. The van der Waals surface area contributed by atoms with Crippen LogP contribution in [0.2, 0.25) is 0 Å². The number of benzene rings is 1. The molecule has 0 fully saturated rings. The van der Waals surface area contributed by atoms with Crippen molar-refractivity contribution in [3.63, 3.8) is 0 Å². The lowest BCUT2D eigenvalue weighted by atomic mass is 10.1. The zero-order valence-corrected chi connectivity index (χ0v) is 12.9. The van der Waals surface area contributed by atoms with Gasteiger partial charge in [-0.3, -0.25) is 4.98 Å². The SMILES string of the molecule is COc1c(COC(=O)c2ccccc2C)cnc(CO)c1C. The Morgan fingerprint density at radius 2 is 2.00 bits per heavy atom. The van der Waals surface area contributed by atoms with Crippen molar-refractivity contribution in [2.24, 2.45) is 0 Å². The summed E-state index contributed by atoms with van der Waals surface area (Å²) in [6.07, 6.45) is 1.56. The van der Waals surface area contributed by atoms with E-state index in [4.69, 9.17) is 9.47 Å². The van der Waals surface area contributed by atoms with Crippen molar-refractivity contribution in [2.45, 2.75) is 27.1 Å². The van der Waals surface area contributed by atoms with Gasteiger partial charge in [0.15, 0.2) is 0 Å². The fourth-order valence-electron chi connectivity index (χ4n) is 2.25. The molecular weight excluding hydrogens is 282 g/mol. The molecule has 0 saturated carbocycles. The Labute approximate surface area is 129 Å². The van der Waals surface area contributed by atoms with E-state index in [2.05, 4.69) is 4.98 Å². The molecule has 0 saturated heterocycles. The van der Waals surface area contributed by atoms with Gasteiger partial charge in [-0.25, -0.2) is 4.79 Å². The summed E-state index contributed by atoms with van der Waals surface area (Å²) in [4.78, 5) is 16.3. The molecule has 0 atom stereocenters. The van der Waals surface area contributed by atoms with Gasteiger partial charge >= 0.3 is 5.97 Å². The minimum Gasteiger partial charge on any atom is -0.496 e. The highest BCUT2D eigenvalue weighted by atomic mass is 16.5. The molecule has 1 aromatic heterocycles.